The first-order valence-corrected chi connectivity index (χ1v) is 9.07. The molecule has 0 saturated carbocycles. The predicted octanol–water partition coefficient (Wildman–Crippen LogP) is 3.31. The number of hydrogen-bond acceptors (Lipinski definition) is 4. The smallest absolute Gasteiger partial charge is 0.241 e. The number of amides is 1. The molecule has 1 saturated heterocycles. The number of hydrogen-bond donors (Lipinski definition) is 1. The molecule has 0 spiro atoms. The molecular weight excluding hydrogens is 328 g/mol. The molecule has 1 aliphatic heterocycles. The molecule has 138 valence electrons. The Labute approximate surface area is 154 Å². The van der Waals surface area contributed by atoms with E-state index in [9.17, 15) is 4.79 Å². The molecule has 0 radical (unpaired) electrons. The molecule has 1 atom stereocenters. The first-order chi connectivity index (χ1) is 12.7. The van der Waals surface area contributed by atoms with Crippen molar-refractivity contribution in [1.29, 1.82) is 0 Å². The van der Waals surface area contributed by atoms with Gasteiger partial charge in [0.15, 0.2) is 0 Å². The lowest BCUT2D eigenvalue weighted by molar-refractivity contribution is -0.128. The summed E-state index contributed by atoms with van der Waals surface area (Å²) < 4.78 is 11.4. The molecule has 3 rings (SSSR count). The van der Waals surface area contributed by atoms with E-state index in [1.807, 2.05) is 61.6 Å². The van der Waals surface area contributed by atoms with Crippen LogP contribution in [0.3, 0.4) is 0 Å². The van der Waals surface area contributed by atoms with E-state index in [1.165, 1.54) is 0 Å². The van der Waals surface area contributed by atoms with E-state index in [0.29, 0.717) is 13.2 Å². The van der Waals surface area contributed by atoms with E-state index in [2.05, 4.69) is 5.32 Å². The molecule has 1 heterocycles. The van der Waals surface area contributed by atoms with Gasteiger partial charge < -0.3 is 19.7 Å². The Bertz CT molecular complexity index is 699. The van der Waals surface area contributed by atoms with Gasteiger partial charge in [-0.1, -0.05) is 36.4 Å². The van der Waals surface area contributed by atoms with Crippen LogP contribution in [0.1, 0.15) is 18.4 Å². The van der Waals surface area contributed by atoms with Crippen LogP contribution in [0.5, 0.6) is 5.75 Å². The van der Waals surface area contributed by atoms with E-state index >= 15 is 0 Å². The summed E-state index contributed by atoms with van der Waals surface area (Å²) in [6.07, 6.45) is 2.36. The summed E-state index contributed by atoms with van der Waals surface area (Å²) in [7, 11) is 1.82. The Hall–Kier alpha value is -2.53. The molecular formula is C21H26N2O3. The van der Waals surface area contributed by atoms with Crippen molar-refractivity contribution in [1.82, 2.24) is 4.90 Å². The van der Waals surface area contributed by atoms with Crippen LogP contribution in [0.4, 0.5) is 5.69 Å². The first kappa shape index (κ1) is 18.3. The zero-order chi connectivity index (χ0) is 18.2. The number of rotatable bonds is 8. The molecule has 1 aliphatic rings. The monoisotopic (exact) mass is 354 g/mol. The van der Waals surface area contributed by atoms with Gasteiger partial charge >= 0.3 is 0 Å². The van der Waals surface area contributed by atoms with Crippen LogP contribution < -0.4 is 10.1 Å². The fourth-order valence-electron chi connectivity index (χ4n) is 2.92. The van der Waals surface area contributed by atoms with Crippen molar-refractivity contribution >= 4 is 11.6 Å². The molecule has 0 bridgehead atoms. The normalized spacial score (nSPS) is 16.3. The lowest BCUT2D eigenvalue weighted by Gasteiger charge is -2.18. The van der Waals surface area contributed by atoms with E-state index in [4.69, 9.17) is 9.47 Å². The first-order valence-electron chi connectivity index (χ1n) is 9.07. The molecule has 2 aromatic rings. The third-order valence-corrected chi connectivity index (χ3v) is 4.43. The summed E-state index contributed by atoms with van der Waals surface area (Å²) in [5.41, 5.74) is 1.99. The van der Waals surface area contributed by atoms with Crippen LogP contribution in [-0.4, -0.2) is 43.7 Å². The second-order valence-electron chi connectivity index (χ2n) is 6.56. The number of carbonyl (C=O) groups is 1. The van der Waals surface area contributed by atoms with Crippen LogP contribution in [-0.2, 0) is 16.1 Å². The second-order valence-corrected chi connectivity index (χ2v) is 6.56. The fraction of sp³-hybridized carbons (Fsp3) is 0.381. The minimum absolute atomic E-state index is 0.0412. The predicted molar refractivity (Wildman–Crippen MR) is 102 cm³/mol. The Balaban J connectivity index is 1.46. The van der Waals surface area contributed by atoms with E-state index in [1.54, 1.807) is 4.90 Å². The van der Waals surface area contributed by atoms with Gasteiger partial charge in [0.25, 0.3) is 0 Å². The lowest BCUT2D eigenvalue weighted by Crippen LogP contribution is -2.31. The van der Waals surface area contributed by atoms with Gasteiger partial charge in [0, 0.05) is 32.0 Å². The van der Waals surface area contributed by atoms with E-state index in [0.717, 1.165) is 36.4 Å². The number of ether oxygens (including phenoxy) is 2. The Morgan fingerprint density at radius 1 is 1.23 bits per heavy atom. The maximum Gasteiger partial charge on any atom is 0.241 e. The summed E-state index contributed by atoms with van der Waals surface area (Å²) in [6, 6.07) is 17.7. The molecule has 5 heteroatoms. The zero-order valence-electron chi connectivity index (χ0n) is 15.2. The summed E-state index contributed by atoms with van der Waals surface area (Å²) >= 11 is 0. The summed E-state index contributed by atoms with van der Waals surface area (Å²) in [5.74, 6) is 0.829. The fourth-order valence-corrected chi connectivity index (χ4v) is 2.92. The SMILES string of the molecule is CN(Cc1ccccc1)C(=O)CNc1cccc(OCC2CCCO2)c1. The van der Waals surface area contributed by atoms with Crippen molar-refractivity contribution in [2.75, 3.05) is 32.1 Å². The minimum Gasteiger partial charge on any atom is -0.491 e. The molecule has 1 N–H and O–H groups in total. The van der Waals surface area contributed by atoms with Crippen molar-refractivity contribution < 1.29 is 14.3 Å². The average molecular weight is 354 g/mol. The van der Waals surface area contributed by atoms with E-state index < -0.39 is 0 Å². The number of likely N-dealkylation sites (N-methyl/N-ethyl adjacent to an activating group) is 1. The summed E-state index contributed by atoms with van der Waals surface area (Å²) in [5, 5.41) is 3.18. The van der Waals surface area contributed by atoms with Crippen LogP contribution >= 0.6 is 0 Å². The minimum atomic E-state index is 0.0412. The van der Waals surface area contributed by atoms with Crippen molar-refractivity contribution in [3.63, 3.8) is 0 Å². The van der Waals surface area contributed by atoms with Crippen LogP contribution in [0.2, 0.25) is 0 Å². The van der Waals surface area contributed by atoms with Crippen molar-refractivity contribution in [3.05, 3.63) is 60.2 Å². The number of nitrogens with one attached hydrogen (secondary N) is 1. The highest BCUT2D eigenvalue weighted by atomic mass is 16.5. The zero-order valence-corrected chi connectivity index (χ0v) is 15.2. The largest absolute Gasteiger partial charge is 0.491 e. The van der Waals surface area contributed by atoms with Crippen molar-refractivity contribution in [3.8, 4) is 5.75 Å². The molecule has 1 unspecified atom stereocenters. The topological polar surface area (TPSA) is 50.8 Å². The van der Waals surface area contributed by atoms with Crippen LogP contribution in [0, 0.1) is 0 Å². The lowest BCUT2D eigenvalue weighted by atomic mass is 10.2. The highest BCUT2D eigenvalue weighted by Gasteiger charge is 2.16. The van der Waals surface area contributed by atoms with Gasteiger partial charge in [-0.2, -0.15) is 0 Å². The van der Waals surface area contributed by atoms with E-state index in [-0.39, 0.29) is 18.6 Å². The highest BCUT2D eigenvalue weighted by molar-refractivity contribution is 5.80. The maximum absolute atomic E-state index is 12.3. The average Bonchev–Trinajstić information content (AvgIpc) is 3.19. The van der Waals surface area contributed by atoms with Gasteiger partial charge in [0.2, 0.25) is 5.91 Å². The Morgan fingerprint density at radius 3 is 2.85 bits per heavy atom. The molecule has 1 fully saturated rings. The van der Waals surface area contributed by atoms with Gasteiger partial charge in [-0.05, 0) is 30.5 Å². The molecule has 26 heavy (non-hydrogen) atoms. The number of nitrogens with zero attached hydrogens (tertiary/aromatic N) is 1. The number of carbonyl (C=O) groups excluding carboxylic acids is 1. The van der Waals surface area contributed by atoms with Crippen LogP contribution in [0.15, 0.2) is 54.6 Å². The molecule has 2 aromatic carbocycles. The van der Waals surface area contributed by atoms with Gasteiger partial charge in [0.05, 0.1) is 12.6 Å². The third kappa shape index (κ3) is 5.49. The number of benzene rings is 2. The summed E-state index contributed by atoms with van der Waals surface area (Å²) in [4.78, 5) is 14.0. The molecule has 1 amide bonds. The molecule has 0 aromatic heterocycles. The van der Waals surface area contributed by atoms with Crippen LogP contribution in [0.25, 0.3) is 0 Å². The Morgan fingerprint density at radius 2 is 2.08 bits per heavy atom. The maximum atomic E-state index is 12.3. The third-order valence-electron chi connectivity index (χ3n) is 4.43. The van der Waals surface area contributed by atoms with Crippen molar-refractivity contribution in [2.45, 2.75) is 25.5 Å². The van der Waals surface area contributed by atoms with Crippen molar-refractivity contribution in [2.24, 2.45) is 0 Å². The molecule has 5 nitrogen and oxygen atoms in total. The molecule has 0 aliphatic carbocycles. The van der Waals surface area contributed by atoms with Gasteiger partial charge in [-0.15, -0.1) is 0 Å². The number of anilines is 1. The Kier molecular flexibility index (Phi) is 6.50. The quantitative estimate of drug-likeness (QED) is 0.790. The highest BCUT2D eigenvalue weighted by Crippen LogP contribution is 2.19. The van der Waals surface area contributed by atoms with Gasteiger partial charge in [-0.25, -0.2) is 0 Å². The second kappa shape index (κ2) is 9.25. The van der Waals surface area contributed by atoms with Gasteiger partial charge in [-0.3, -0.25) is 4.79 Å². The standard InChI is InChI=1S/C21H26N2O3/c1-23(15-17-7-3-2-4-8-17)21(24)14-22-18-9-5-10-19(13-18)26-16-20-11-6-12-25-20/h2-5,7-10,13,20,22H,6,11-12,14-16H2,1H3. The van der Waals surface area contributed by atoms with Gasteiger partial charge in [0.1, 0.15) is 12.4 Å². The summed E-state index contributed by atoms with van der Waals surface area (Å²) in [6.45, 7) is 2.25.